The fraction of sp³-hybridized carbons (Fsp3) is 0.318. The van der Waals surface area contributed by atoms with E-state index in [0.29, 0.717) is 28.0 Å². The molecule has 10 heteroatoms. The average molecular weight is 465 g/mol. The second-order valence-electron chi connectivity index (χ2n) is 6.89. The predicted molar refractivity (Wildman–Crippen MR) is 116 cm³/mol. The average Bonchev–Trinajstić information content (AvgIpc) is 3.20. The lowest BCUT2D eigenvalue weighted by Gasteiger charge is -2.13. The van der Waals surface area contributed by atoms with Gasteiger partial charge < -0.3 is 10.1 Å². The van der Waals surface area contributed by atoms with Crippen LogP contribution in [0, 0.1) is 0 Å². The third kappa shape index (κ3) is 5.82. The Morgan fingerprint density at radius 3 is 2.38 bits per heavy atom. The highest BCUT2D eigenvalue weighted by Crippen LogP contribution is 2.30. The van der Waals surface area contributed by atoms with E-state index in [1.165, 1.54) is 23.9 Å². The molecule has 6 nitrogen and oxygen atoms in total. The van der Waals surface area contributed by atoms with E-state index in [0.717, 1.165) is 30.7 Å². The number of carbonyl (C=O) groups excluding carboxylic acids is 1. The number of carbonyl (C=O) groups is 1. The highest BCUT2D eigenvalue weighted by atomic mass is 32.2. The van der Waals surface area contributed by atoms with E-state index in [9.17, 15) is 18.0 Å². The molecular weight excluding hydrogens is 441 g/mol. The Bertz CT molecular complexity index is 1030. The number of halogens is 3. The Labute approximate surface area is 188 Å². The Morgan fingerprint density at radius 1 is 1.09 bits per heavy atom. The van der Waals surface area contributed by atoms with Crippen molar-refractivity contribution < 1.29 is 22.7 Å². The van der Waals surface area contributed by atoms with Gasteiger partial charge in [0, 0.05) is 17.0 Å². The van der Waals surface area contributed by atoms with Crippen molar-refractivity contribution in [3.8, 4) is 11.4 Å². The van der Waals surface area contributed by atoms with E-state index in [1.807, 2.05) is 0 Å². The van der Waals surface area contributed by atoms with Crippen molar-refractivity contribution in [2.45, 2.75) is 37.6 Å². The third-order valence-electron chi connectivity index (χ3n) is 4.64. The summed E-state index contributed by atoms with van der Waals surface area (Å²) >= 11 is 1.47. The van der Waals surface area contributed by atoms with Crippen LogP contribution >= 0.6 is 11.8 Å². The number of aromatic nitrogens is 3. The number of hydrogen-bond acceptors (Lipinski definition) is 5. The van der Waals surface area contributed by atoms with Crippen LogP contribution in [0.2, 0.25) is 0 Å². The van der Waals surface area contributed by atoms with Gasteiger partial charge in [-0.2, -0.15) is 13.2 Å². The summed E-state index contributed by atoms with van der Waals surface area (Å²) in [5.41, 5.74) is 0.212. The minimum Gasteiger partial charge on any atom is -0.497 e. The highest BCUT2D eigenvalue weighted by molar-refractivity contribution is 7.99. The predicted octanol–water partition coefficient (Wildman–Crippen LogP) is 5.12. The van der Waals surface area contributed by atoms with Crippen LogP contribution in [0.3, 0.4) is 0 Å². The number of benzene rings is 2. The number of unbranched alkanes of at least 4 members (excludes halogenated alkanes) is 1. The molecule has 3 aromatic rings. The molecular formula is C22H23F3N4O2S. The maximum Gasteiger partial charge on any atom is 0.416 e. The topological polar surface area (TPSA) is 69.0 Å². The van der Waals surface area contributed by atoms with Crippen molar-refractivity contribution in [3.05, 3.63) is 65.5 Å². The number of nitrogens with one attached hydrogen (secondary N) is 1. The van der Waals surface area contributed by atoms with Gasteiger partial charge in [-0.25, -0.2) is 0 Å². The molecule has 0 aliphatic carbocycles. The molecule has 0 aliphatic rings. The molecule has 1 N–H and O–H groups in total. The van der Waals surface area contributed by atoms with Gasteiger partial charge in [0.05, 0.1) is 19.2 Å². The summed E-state index contributed by atoms with van der Waals surface area (Å²) in [6, 6.07) is 11.5. The summed E-state index contributed by atoms with van der Waals surface area (Å²) in [6.07, 6.45) is -2.44. The standard InChI is InChI=1S/C22H23F3N4O2S/c1-3-4-13-32-21-28-27-19(14-26-20(30)15-5-11-18(31-2)12-6-15)29(21)17-9-7-16(8-10-17)22(23,24)25/h5-12H,3-4,13-14H2,1-2H3,(H,26,30). The normalized spacial score (nSPS) is 11.4. The lowest BCUT2D eigenvalue weighted by atomic mass is 10.2. The van der Waals surface area contributed by atoms with Gasteiger partial charge in [0.1, 0.15) is 5.75 Å². The van der Waals surface area contributed by atoms with Crippen LogP contribution in [-0.2, 0) is 12.7 Å². The molecule has 0 saturated heterocycles. The zero-order valence-electron chi connectivity index (χ0n) is 17.6. The van der Waals surface area contributed by atoms with Crippen LogP contribution in [0.4, 0.5) is 13.2 Å². The second-order valence-corrected chi connectivity index (χ2v) is 7.95. The first-order valence-electron chi connectivity index (χ1n) is 10.0. The van der Waals surface area contributed by atoms with Crippen molar-refractivity contribution in [3.63, 3.8) is 0 Å². The van der Waals surface area contributed by atoms with E-state index in [2.05, 4.69) is 22.4 Å². The quantitative estimate of drug-likeness (QED) is 0.352. The lowest BCUT2D eigenvalue weighted by molar-refractivity contribution is -0.137. The first-order chi connectivity index (χ1) is 15.3. The minimum absolute atomic E-state index is 0.0627. The maximum absolute atomic E-state index is 13.0. The molecule has 1 aromatic heterocycles. The molecule has 32 heavy (non-hydrogen) atoms. The summed E-state index contributed by atoms with van der Waals surface area (Å²) in [5, 5.41) is 11.7. The summed E-state index contributed by atoms with van der Waals surface area (Å²) in [6.45, 7) is 2.13. The third-order valence-corrected chi connectivity index (χ3v) is 5.66. The van der Waals surface area contributed by atoms with Crippen molar-refractivity contribution in [2.75, 3.05) is 12.9 Å². The summed E-state index contributed by atoms with van der Waals surface area (Å²) in [4.78, 5) is 12.5. The molecule has 0 aliphatic heterocycles. The highest BCUT2D eigenvalue weighted by Gasteiger charge is 2.30. The molecule has 0 bridgehead atoms. The lowest BCUT2D eigenvalue weighted by Crippen LogP contribution is -2.24. The van der Waals surface area contributed by atoms with E-state index in [1.54, 1.807) is 35.9 Å². The van der Waals surface area contributed by atoms with Gasteiger partial charge in [-0.3, -0.25) is 9.36 Å². The molecule has 0 atom stereocenters. The smallest absolute Gasteiger partial charge is 0.416 e. The number of nitrogens with zero attached hydrogens (tertiary/aromatic N) is 3. The summed E-state index contributed by atoms with van der Waals surface area (Å²) in [5.74, 6) is 1.55. The van der Waals surface area contributed by atoms with Gasteiger partial charge in [-0.05, 0) is 55.0 Å². The van der Waals surface area contributed by atoms with E-state index in [4.69, 9.17) is 4.74 Å². The van der Waals surface area contributed by atoms with Crippen LogP contribution in [-0.4, -0.2) is 33.5 Å². The number of ether oxygens (including phenoxy) is 1. The fourth-order valence-electron chi connectivity index (χ4n) is 2.88. The van der Waals surface area contributed by atoms with Gasteiger partial charge in [-0.15, -0.1) is 10.2 Å². The molecule has 0 fully saturated rings. The largest absolute Gasteiger partial charge is 0.497 e. The molecule has 170 valence electrons. The summed E-state index contributed by atoms with van der Waals surface area (Å²) in [7, 11) is 1.54. The second kappa shape index (κ2) is 10.5. The number of rotatable bonds is 9. The van der Waals surface area contributed by atoms with Crippen LogP contribution < -0.4 is 10.1 Å². The van der Waals surface area contributed by atoms with E-state index >= 15 is 0 Å². The van der Waals surface area contributed by atoms with Crippen molar-refractivity contribution in [1.82, 2.24) is 20.1 Å². The zero-order chi connectivity index (χ0) is 23.1. The van der Waals surface area contributed by atoms with Gasteiger partial charge in [0.15, 0.2) is 11.0 Å². The molecule has 0 spiro atoms. The zero-order valence-corrected chi connectivity index (χ0v) is 18.5. The van der Waals surface area contributed by atoms with Crippen molar-refractivity contribution in [2.24, 2.45) is 0 Å². The molecule has 0 radical (unpaired) electrons. The number of thioether (sulfide) groups is 1. The Hall–Kier alpha value is -3.01. The summed E-state index contributed by atoms with van der Waals surface area (Å²) < 4.78 is 45.6. The van der Waals surface area contributed by atoms with Gasteiger partial charge in [-0.1, -0.05) is 25.1 Å². The Morgan fingerprint density at radius 2 is 1.78 bits per heavy atom. The Kier molecular flexibility index (Phi) is 7.79. The van der Waals surface area contributed by atoms with Crippen LogP contribution in [0.25, 0.3) is 5.69 Å². The van der Waals surface area contributed by atoms with E-state index in [-0.39, 0.29) is 12.5 Å². The molecule has 0 saturated carbocycles. The van der Waals surface area contributed by atoms with E-state index < -0.39 is 11.7 Å². The molecule has 2 aromatic carbocycles. The molecule has 0 unspecified atom stereocenters. The van der Waals surface area contributed by atoms with Gasteiger partial charge >= 0.3 is 6.18 Å². The van der Waals surface area contributed by atoms with Gasteiger partial charge in [0.25, 0.3) is 5.91 Å². The molecule has 3 rings (SSSR count). The minimum atomic E-state index is -4.42. The van der Waals surface area contributed by atoms with Crippen LogP contribution in [0.5, 0.6) is 5.75 Å². The monoisotopic (exact) mass is 464 g/mol. The Balaban J connectivity index is 1.82. The molecule has 1 amide bonds. The fourth-order valence-corrected chi connectivity index (χ4v) is 3.93. The SMILES string of the molecule is CCCCSc1nnc(CNC(=O)c2ccc(OC)cc2)n1-c1ccc(C(F)(F)F)cc1. The number of amides is 1. The molecule has 1 heterocycles. The number of alkyl halides is 3. The number of hydrogen-bond donors (Lipinski definition) is 1. The first kappa shape index (κ1) is 23.6. The maximum atomic E-state index is 13.0. The van der Waals surface area contributed by atoms with Crippen LogP contribution in [0.15, 0.2) is 53.7 Å². The van der Waals surface area contributed by atoms with Gasteiger partial charge in [0.2, 0.25) is 0 Å². The first-order valence-corrected chi connectivity index (χ1v) is 11.0. The van der Waals surface area contributed by atoms with Crippen LogP contribution in [0.1, 0.15) is 41.5 Å². The van der Waals surface area contributed by atoms with Crippen molar-refractivity contribution in [1.29, 1.82) is 0 Å². The number of methoxy groups -OCH3 is 1. The van der Waals surface area contributed by atoms with Crippen molar-refractivity contribution >= 4 is 17.7 Å².